The van der Waals surface area contributed by atoms with Gasteiger partial charge >= 0.3 is 0 Å². The van der Waals surface area contributed by atoms with Crippen LogP contribution in [-0.2, 0) is 6.42 Å². The van der Waals surface area contributed by atoms with Gasteiger partial charge in [0.25, 0.3) is 0 Å². The lowest BCUT2D eigenvalue weighted by Gasteiger charge is -1.91. The van der Waals surface area contributed by atoms with Crippen LogP contribution in [-0.4, -0.2) is 9.97 Å². The second kappa shape index (κ2) is 4.49. The summed E-state index contributed by atoms with van der Waals surface area (Å²) in [5.74, 6) is 1.02. The molecule has 2 rings (SSSR count). The van der Waals surface area contributed by atoms with Gasteiger partial charge in [0.2, 0.25) is 0 Å². The molecule has 78 valence electrons. The molecule has 0 unspecified atom stereocenters. The van der Waals surface area contributed by atoms with Crippen LogP contribution in [0.2, 0.25) is 0 Å². The summed E-state index contributed by atoms with van der Waals surface area (Å²) in [6.45, 7) is 1.89. The van der Waals surface area contributed by atoms with Crippen molar-refractivity contribution in [3.8, 4) is 0 Å². The fourth-order valence-electron chi connectivity index (χ4n) is 1.53. The minimum absolute atomic E-state index is 0.839. The van der Waals surface area contributed by atoms with Gasteiger partial charge in [0.1, 0.15) is 5.82 Å². The van der Waals surface area contributed by atoms with Crippen molar-refractivity contribution in [3.05, 3.63) is 41.2 Å². The molecule has 1 N–H and O–H groups in total. The second-order valence-electron chi connectivity index (χ2n) is 3.53. The number of halogens is 1. The topological polar surface area (TPSA) is 28.7 Å². The Balaban J connectivity index is 2.12. The molecule has 1 aromatic carbocycles. The molecule has 0 bridgehead atoms. The van der Waals surface area contributed by atoms with Crippen molar-refractivity contribution >= 4 is 22.6 Å². The molecule has 1 heterocycles. The molecular weight excluding hydrogens is 208 g/mol. The number of para-hydroxylation sites is 2. The summed E-state index contributed by atoms with van der Waals surface area (Å²) >= 11 is 5.75. The maximum absolute atomic E-state index is 5.75. The highest BCUT2D eigenvalue weighted by molar-refractivity contribution is 6.29. The van der Waals surface area contributed by atoms with Gasteiger partial charge < -0.3 is 4.98 Å². The van der Waals surface area contributed by atoms with Crippen LogP contribution in [0, 0.1) is 0 Å². The van der Waals surface area contributed by atoms with E-state index in [4.69, 9.17) is 11.6 Å². The number of nitrogens with zero attached hydrogens (tertiary/aromatic N) is 1. The van der Waals surface area contributed by atoms with Crippen LogP contribution in [0.3, 0.4) is 0 Å². The summed E-state index contributed by atoms with van der Waals surface area (Å²) in [6, 6.07) is 8.05. The van der Waals surface area contributed by atoms with E-state index < -0.39 is 0 Å². The predicted octanol–water partition coefficient (Wildman–Crippen LogP) is 3.64. The third-order valence-corrected chi connectivity index (χ3v) is 2.40. The van der Waals surface area contributed by atoms with E-state index in [0.29, 0.717) is 0 Å². The van der Waals surface area contributed by atoms with Crippen LogP contribution in [0.4, 0.5) is 0 Å². The molecule has 15 heavy (non-hydrogen) atoms. The number of allylic oxidation sites excluding steroid dienone is 2. The molecule has 0 fully saturated rings. The highest BCUT2D eigenvalue weighted by atomic mass is 35.5. The van der Waals surface area contributed by atoms with Crippen molar-refractivity contribution in [2.45, 2.75) is 19.8 Å². The molecule has 3 heteroatoms. The summed E-state index contributed by atoms with van der Waals surface area (Å²) in [4.78, 5) is 7.77. The van der Waals surface area contributed by atoms with Crippen LogP contribution in [0.25, 0.3) is 11.0 Å². The fourth-order valence-corrected chi connectivity index (χ4v) is 1.64. The Kier molecular flexibility index (Phi) is 3.07. The Morgan fingerprint density at radius 2 is 2.27 bits per heavy atom. The van der Waals surface area contributed by atoms with Crippen LogP contribution in [0.1, 0.15) is 19.2 Å². The van der Waals surface area contributed by atoms with Gasteiger partial charge in [0.15, 0.2) is 0 Å². The number of hydrogen-bond acceptors (Lipinski definition) is 1. The smallest absolute Gasteiger partial charge is 0.107 e. The maximum atomic E-state index is 5.75. The van der Waals surface area contributed by atoms with Gasteiger partial charge in [-0.15, -0.1) is 0 Å². The van der Waals surface area contributed by atoms with E-state index in [1.165, 1.54) is 0 Å². The molecule has 0 aliphatic rings. The van der Waals surface area contributed by atoms with E-state index in [1.807, 2.05) is 37.3 Å². The number of benzene rings is 1. The van der Waals surface area contributed by atoms with E-state index in [9.17, 15) is 0 Å². The molecule has 0 amide bonds. The van der Waals surface area contributed by atoms with Gasteiger partial charge in [-0.05, 0) is 25.5 Å². The van der Waals surface area contributed by atoms with Crippen molar-refractivity contribution in [2.24, 2.45) is 0 Å². The van der Waals surface area contributed by atoms with E-state index in [2.05, 4.69) is 9.97 Å². The number of nitrogens with one attached hydrogen (secondary N) is 1. The first-order chi connectivity index (χ1) is 7.25. The fraction of sp³-hybridized carbons (Fsp3) is 0.250. The first-order valence-electron chi connectivity index (χ1n) is 5.01. The number of hydrogen-bond donors (Lipinski definition) is 1. The summed E-state index contributed by atoms with van der Waals surface area (Å²) in [6.07, 6.45) is 3.84. The van der Waals surface area contributed by atoms with Crippen molar-refractivity contribution in [1.82, 2.24) is 9.97 Å². The van der Waals surface area contributed by atoms with Gasteiger partial charge in [-0.3, -0.25) is 0 Å². The number of imidazole rings is 1. The van der Waals surface area contributed by atoms with Crippen molar-refractivity contribution in [3.63, 3.8) is 0 Å². The minimum Gasteiger partial charge on any atom is -0.342 e. The van der Waals surface area contributed by atoms with Crippen LogP contribution in [0.15, 0.2) is 35.4 Å². The molecular formula is C12H13ClN2. The van der Waals surface area contributed by atoms with Crippen molar-refractivity contribution in [1.29, 1.82) is 0 Å². The van der Waals surface area contributed by atoms with E-state index in [1.54, 1.807) is 0 Å². The lowest BCUT2D eigenvalue weighted by atomic mass is 10.3. The number of fused-ring (bicyclic) bond motifs is 1. The average Bonchev–Trinajstić information content (AvgIpc) is 2.59. The number of aromatic nitrogens is 2. The molecule has 0 radical (unpaired) electrons. The van der Waals surface area contributed by atoms with Crippen LogP contribution >= 0.6 is 11.6 Å². The first kappa shape index (κ1) is 10.2. The second-order valence-corrected chi connectivity index (χ2v) is 4.13. The van der Waals surface area contributed by atoms with Gasteiger partial charge in [0, 0.05) is 11.5 Å². The number of H-pyrrole nitrogens is 1. The zero-order valence-corrected chi connectivity index (χ0v) is 9.38. The standard InChI is InChI=1S/C12H13ClN2/c1-9(13)5-4-8-12-14-10-6-2-3-7-11(10)15-12/h2-3,5-7H,4,8H2,1H3,(H,14,15). The molecule has 0 spiro atoms. The Bertz CT molecular complexity index is 448. The van der Waals surface area contributed by atoms with E-state index in [-0.39, 0.29) is 0 Å². The monoisotopic (exact) mass is 220 g/mol. The summed E-state index contributed by atoms with van der Waals surface area (Å²) in [5, 5.41) is 0.839. The van der Waals surface area contributed by atoms with Gasteiger partial charge in [-0.25, -0.2) is 4.98 Å². The molecule has 0 saturated carbocycles. The van der Waals surface area contributed by atoms with Gasteiger partial charge in [-0.2, -0.15) is 0 Å². The lowest BCUT2D eigenvalue weighted by Crippen LogP contribution is -1.85. The predicted molar refractivity (Wildman–Crippen MR) is 64.0 cm³/mol. The highest BCUT2D eigenvalue weighted by Gasteiger charge is 2.00. The molecule has 0 aliphatic carbocycles. The quantitative estimate of drug-likeness (QED) is 0.841. The summed E-state index contributed by atoms with van der Waals surface area (Å²) in [7, 11) is 0. The number of aromatic amines is 1. The third kappa shape index (κ3) is 2.60. The Labute approximate surface area is 94.0 Å². The SMILES string of the molecule is CC(Cl)=CCCc1nc2ccccc2[nH]1. The van der Waals surface area contributed by atoms with E-state index in [0.717, 1.165) is 34.7 Å². The van der Waals surface area contributed by atoms with Gasteiger partial charge in [0.05, 0.1) is 11.0 Å². The van der Waals surface area contributed by atoms with E-state index >= 15 is 0 Å². The van der Waals surface area contributed by atoms with Crippen LogP contribution < -0.4 is 0 Å². The van der Waals surface area contributed by atoms with Gasteiger partial charge in [-0.1, -0.05) is 29.8 Å². The zero-order chi connectivity index (χ0) is 10.7. The molecule has 0 atom stereocenters. The lowest BCUT2D eigenvalue weighted by molar-refractivity contribution is 0.914. The molecule has 2 aromatic rings. The minimum atomic E-state index is 0.839. The van der Waals surface area contributed by atoms with Crippen LogP contribution in [0.5, 0.6) is 0 Å². The number of aryl methyl sites for hydroxylation is 1. The zero-order valence-electron chi connectivity index (χ0n) is 8.63. The summed E-state index contributed by atoms with van der Waals surface area (Å²) in [5.41, 5.74) is 2.12. The molecule has 2 nitrogen and oxygen atoms in total. The average molecular weight is 221 g/mol. The Morgan fingerprint density at radius 3 is 3.00 bits per heavy atom. The molecule has 0 saturated heterocycles. The Hall–Kier alpha value is -1.28. The summed E-state index contributed by atoms with van der Waals surface area (Å²) < 4.78 is 0. The molecule has 0 aliphatic heterocycles. The number of rotatable bonds is 3. The third-order valence-electron chi connectivity index (χ3n) is 2.25. The maximum Gasteiger partial charge on any atom is 0.107 e. The Morgan fingerprint density at radius 1 is 1.47 bits per heavy atom. The van der Waals surface area contributed by atoms with Crippen molar-refractivity contribution < 1.29 is 0 Å². The first-order valence-corrected chi connectivity index (χ1v) is 5.39. The highest BCUT2D eigenvalue weighted by Crippen LogP contribution is 2.12. The molecule has 1 aromatic heterocycles. The normalized spacial score (nSPS) is 12.3. The van der Waals surface area contributed by atoms with Crippen molar-refractivity contribution in [2.75, 3.05) is 0 Å². The largest absolute Gasteiger partial charge is 0.342 e.